The van der Waals surface area contributed by atoms with E-state index in [4.69, 9.17) is 0 Å². The Balaban J connectivity index is 1.92. The molecule has 0 radical (unpaired) electrons. The summed E-state index contributed by atoms with van der Waals surface area (Å²) in [5.41, 5.74) is 0. The highest BCUT2D eigenvalue weighted by Crippen LogP contribution is 2.37. The number of carbonyl (C=O) groups is 1. The van der Waals surface area contributed by atoms with Crippen LogP contribution in [0.1, 0.15) is 51.9 Å². The molecule has 1 aliphatic heterocycles. The summed E-state index contributed by atoms with van der Waals surface area (Å²) in [7, 11) is 0. The largest absolute Gasteiger partial charge is 0.339 e. The average molecular weight is 245 g/mol. The SMILES string of the molecule is CCC1CCCN1C(=O)C1CCC(F)(F)CC1. The van der Waals surface area contributed by atoms with Crippen LogP contribution in [0.5, 0.6) is 0 Å². The second-order valence-electron chi connectivity index (χ2n) is 5.37. The van der Waals surface area contributed by atoms with E-state index in [-0.39, 0.29) is 24.7 Å². The number of likely N-dealkylation sites (tertiary alicyclic amines) is 1. The Morgan fingerprint density at radius 2 is 1.94 bits per heavy atom. The number of hydrogen-bond donors (Lipinski definition) is 0. The predicted octanol–water partition coefficient (Wildman–Crippen LogP) is 3.21. The minimum absolute atomic E-state index is 0.117. The third-order valence-electron chi connectivity index (χ3n) is 4.20. The van der Waals surface area contributed by atoms with Crippen molar-refractivity contribution in [2.45, 2.75) is 63.8 Å². The van der Waals surface area contributed by atoms with Gasteiger partial charge in [-0.3, -0.25) is 4.79 Å². The molecule has 1 atom stereocenters. The smallest absolute Gasteiger partial charge is 0.248 e. The highest BCUT2D eigenvalue weighted by molar-refractivity contribution is 5.79. The van der Waals surface area contributed by atoms with Crippen molar-refractivity contribution in [2.75, 3.05) is 6.54 Å². The van der Waals surface area contributed by atoms with E-state index < -0.39 is 5.92 Å². The molecule has 0 N–H and O–H groups in total. The number of carbonyl (C=O) groups excluding carboxylic acids is 1. The van der Waals surface area contributed by atoms with Gasteiger partial charge in [-0.1, -0.05) is 6.92 Å². The zero-order valence-electron chi connectivity index (χ0n) is 10.4. The molecule has 2 rings (SSSR count). The van der Waals surface area contributed by atoms with Crippen LogP contribution < -0.4 is 0 Å². The monoisotopic (exact) mass is 245 g/mol. The molecule has 98 valence electrons. The molecule has 0 aromatic rings. The van der Waals surface area contributed by atoms with Crippen molar-refractivity contribution in [1.29, 1.82) is 0 Å². The first kappa shape index (κ1) is 12.8. The summed E-state index contributed by atoms with van der Waals surface area (Å²) in [5, 5.41) is 0. The molecule has 0 bridgehead atoms. The van der Waals surface area contributed by atoms with E-state index in [1.165, 1.54) is 0 Å². The van der Waals surface area contributed by atoms with Crippen LogP contribution in [0.3, 0.4) is 0 Å². The molecule has 0 spiro atoms. The molecule has 1 heterocycles. The van der Waals surface area contributed by atoms with Gasteiger partial charge in [-0.2, -0.15) is 0 Å². The van der Waals surface area contributed by atoms with Gasteiger partial charge in [-0.15, -0.1) is 0 Å². The maximum atomic E-state index is 13.0. The first-order valence-corrected chi connectivity index (χ1v) is 6.72. The normalized spacial score (nSPS) is 29.6. The number of rotatable bonds is 2. The molecule has 2 fully saturated rings. The highest BCUT2D eigenvalue weighted by atomic mass is 19.3. The molecule has 1 saturated heterocycles. The van der Waals surface area contributed by atoms with E-state index in [2.05, 4.69) is 6.92 Å². The highest BCUT2D eigenvalue weighted by Gasteiger charge is 2.40. The Bertz CT molecular complexity index is 283. The van der Waals surface area contributed by atoms with Gasteiger partial charge in [0, 0.05) is 31.3 Å². The van der Waals surface area contributed by atoms with Crippen LogP contribution in [0.25, 0.3) is 0 Å². The second kappa shape index (κ2) is 4.91. The Morgan fingerprint density at radius 3 is 2.53 bits per heavy atom. The standard InChI is InChI=1S/C13H21F2NO/c1-2-11-4-3-9-16(11)12(17)10-5-7-13(14,15)8-6-10/h10-11H,2-9H2,1H3. The summed E-state index contributed by atoms with van der Waals surface area (Å²) < 4.78 is 26.1. The number of amides is 1. The van der Waals surface area contributed by atoms with Crippen molar-refractivity contribution in [2.24, 2.45) is 5.92 Å². The minimum atomic E-state index is -2.54. The van der Waals surface area contributed by atoms with Gasteiger partial charge in [0.05, 0.1) is 0 Å². The van der Waals surface area contributed by atoms with Crippen molar-refractivity contribution in [1.82, 2.24) is 4.90 Å². The second-order valence-corrected chi connectivity index (χ2v) is 5.37. The molecular weight excluding hydrogens is 224 g/mol. The fraction of sp³-hybridized carbons (Fsp3) is 0.923. The molecule has 1 amide bonds. The summed E-state index contributed by atoms with van der Waals surface area (Å²) in [6, 6.07) is 0.352. The number of halogens is 2. The Kier molecular flexibility index (Phi) is 3.69. The molecule has 1 saturated carbocycles. The maximum absolute atomic E-state index is 13.0. The van der Waals surface area contributed by atoms with Crippen molar-refractivity contribution in [3.63, 3.8) is 0 Å². The average Bonchev–Trinajstić information content (AvgIpc) is 2.76. The quantitative estimate of drug-likeness (QED) is 0.731. The Hall–Kier alpha value is -0.670. The zero-order chi connectivity index (χ0) is 12.5. The van der Waals surface area contributed by atoms with Crippen molar-refractivity contribution < 1.29 is 13.6 Å². The van der Waals surface area contributed by atoms with Gasteiger partial charge in [-0.05, 0) is 32.1 Å². The van der Waals surface area contributed by atoms with Crippen molar-refractivity contribution in [3.8, 4) is 0 Å². The van der Waals surface area contributed by atoms with Crippen LogP contribution in [0.2, 0.25) is 0 Å². The van der Waals surface area contributed by atoms with Crippen molar-refractivity contribution >= 4 is 5.91 Å². The number of alkyl halides is 2. The number of hydrogen-bond acceptors (Lipinski definition) is 1. The molecule has 0 aromatic carbocycles. The molecule has 2 aliphatic rings. The molecule has 1 aliphatic carbocycles. The maximum Gasteiger partial charge on any atom is 0.248 e. The van der Waals surface area contributed by atoms with Gasteiger partial charge in [0.1, 0.15) is 0 Å². The van der Waals surface area contributed by atoms with Crippen LogP contribution in [0.4, 0.5) is 8.78 Å². The summed E-state index contributed by atoms with van der Waals surface area (Å²) in [6.45, 7) is 2.91. The third kappa shape index (κ3) is 2.78. The summed E-state index contributed by atoms with van der Waals surface area (Å²) in [5.74, 6) is -2.56. The third-order valence-corrected chi connectivity index (χ3v) is 4.20. The molecule has 4 heteroatoms. The molecule has 1 unspecified atom stereocenters. The fourth-order valence-electron chi connectivity index (χ4n) is 3.07. The van der Waals surface area contributed by atoms with Crippen LogP contribution in [0, 0.1) is 5.92 Å². The van der Waals surface area contributed by atoms with Gasteiger partial charge in [0.15, 0.2) is 0 Å². The molecule has 17 heavy (non-hydrogen) atoms. The first-order chi connectivity index (χ1) is 8.03. The van der Waals surface area contributed by atoms with Gasteiger partial charge in [0.25, 0.3) is 0 Å². The van der Waals surface area contributed by atoms with E-state index in [0.717, 1.165) is 25.8 Å². The lowest BCUT2D eigenvalue weighted by atomic mass is 9.85. The lowest BCUT2D eigenvalue weighted by molar-refractivity contribution is -0.140. The van der Waals surface area contributed by atoms with E-state index in [1.54, 1.807) is 0 Å². The van der Waals surface area contributed by atoms with E-state index >= 15 is 0 Å². The topological polar surface area (TPSA) is 20.3 Å². The first-order valence-electron chi connectivity index (χ1n) is 6.72. The van der Waals surface area contributed by atoms with Crippen LogP contribution >= 0.6 is 0 Å². The van der Waals surface area contributed by atoms with Crippen LogP contribution in [-0.4, -0.2) is 29.3 Å². The molecule has 0 aromatic heterocycles. The van der Waals surface area contributed by atoms with E-state index in [1.807, 2.05) is 4.90 Å². The van der Waals surface area contributed by atoms with Crippen molar-refractivity contribution in [3.05, 3.63) is 0 Å². The van der Waals surface area contributed by atoms with Gasteiger partial charge < -0.3 is 4.90 Å². The van der Waals surface area contributed by atoms with Gasteiger partial charge >= 0.3 is 0 Å². The summed E-state index contributed by atoms with van der Waals surface area (Å²) in [6.07, 6.45) is 3.60. The predicted molar refractivity (Wildman–Crippen MR) is 61.9 cm³/mol. The Labute approximate surface area is 101 Å². The van der Waals surface area contributed by atoms with Gasteiger partial charge in [-0.25, -0.2) is 8.78 Å². The van der Waals surface area contributed by atoms with E-state index in [0.29, 0.717) is 18.9 Å². The minimum Gasteiger partial charge on any atom is -0.339 e. The lowest BCUT2D eigenvalue weighted by Gasteiger charge is -2.32. The summed E-state index contributed by atoms with van der Waals surface area (Å²) in [4.78, 5) is 14.2. The lowest BCUT2D eigenvalue weighted by Crippen LogP contribution is -2.41. The molecule has 2 nitrogen and oxygen atoms in total. The fourth-order valence-corrected chi connectivity index (χ4v) is 3.07. The number of nitrogens with zero attached hydrogens (tertiary/aromatic N) is 1. The van der Waals surface area contributed by atoms with E-state index in [9.17, 15) is 13.6 Å². The Morgan fingerprint density at radius 1 is 1.29 bits per heavy atom. The van der Waals surface area contributed by atoms with Gasteiger partial charge in [0.2, 0.25) is 11.8 Å². The van der Waals surface area contributed by atoms with Crippen LogP contribution in [-0.2, 0) is 4.79 Å². The summed E-state index contributed by atoms with van der Waals surface area (Å²) >= 11 is 0. The van der Waals surface area contributed by atoms with Crippen LogP contribution in [0.15, 0.2) is 0 Å². The molecular formula is C13H21F2NO. The zero-order valence-corrected chi connectivity index (χ0v) is 10.4.